The lowest BCUT2D eigenvalue weighted by Crippen LogP contribution is -2.24. The number of pyridine rings is 1. The van der Waals surface area contributed by atoms with Crippen LogP contribution in [0.2, 0.25) is 5.02 Å². The van der Waals surface area contributed by atoms with Crippen molar-refractivity contribution in [2.24, 2.45) is 0 Å². The predicted octanol–water partition coefficient (Wildman–Crippen LogP) is 5.00. The second-order valence-corrected chi connectivity index (χ2v) is 7.58. The van der Waals surface area contributed by atoms with E-state index in [1.165, 1.54) is 0 Å². The summed E-state index contributed by atoms with van der Waals surface area (Å²) in [4.78, 5) is 15.3. The highest BCUT2D eigenvalue weighted by Gasteiger charge is 2.28. The van der Waals surface area contributed by atoms with Gasteiger partial charge in [0.2, 0.25) is 0 Å². The molecule has 30 heavy (non-hydrogen) atoms. The van der Waals surface area contributed by atoms with Gasteiger partial charge in [0.05, 0.1) is 11.7 Å². The summed E-state index contributed by atoms with van der Waals surface area (Å²) in [5.41, 5.74) is 3.00. The molecular formula is C22H20ClN7. The van der Waals surface area contributed by atoms with E-state index in [1.807, 2.05) is 42.5 Å². The SMILES string of the molecule is Clc1ccccc1C1CCCN1c1cc(Nc2cc(-c3cccnc3)[nH]n2)ncn1. The molecule has 3 aromatic heterocycles. The van der Waals surface area contributed by atoms with Crippen molar-refractivity contribution in [1.82, 2.24) is 25.1 Å². The van der Waals surface area contributed by atoms with Crippen molar-refractivity contribution in [1.29, 1.82) is 0 Å². The number of aromatic nitrogens is 5. The van der Waals surface area contributed by atoms with Gasteiger partial charge in [-0.25, -0.2) is 9.97 Å². The van der Waals surface area contributed by atoms with Gasteiger partial charge in [0.15, 0.2) is 5.82 Å². The topological polar surface area (TPSA) is 82.6 Å². The van der Waals surface area contributed by atoms with Gasteiger partial charge in [-0.05, 0) is 36.6 Å². The summed E-state index contributed by atoms with van der Waals surface area (Å²) in [7, 11) is 0. The third-order valence-corrected chi connectivity index (χ3v) is 5.61. The van der Waals surface area contributed by atoms with E-state index < -0.39 is 0 Å². The maximum atomic E-state index is 6.46. The van der Waals surface area contributed by atoms with Gasteiger partial charge in [-0.1, -0.05) is 29.8 Å². The predicted molar refractivity (Wildman–Crippen MR) is 118 cm³/mol. The molecule has 1 aromatic carbocycles. The van der Waals surface area contributed by atoms with Gasteiger partial charge >= 0.3 is 0 Å². The smallest absolute Gasteiger partial charge is 0.153 e. The van der Waals surface area contributed by atoms with Crippen molar-refractivity contribution in [2.75, 3.05) is 16.8 Å². The van der Waals surface area contributed by atoms with Gasteiger partial charge in [-0.15, -0.1) is 0 Å². The molecule has 0 radical (unpaired) electrons. The largest absolute Gasteiger partial charge is 0.349 e. The number of halogens is 1. The average Bonchev–Trinajstić information content (AvgIpc) is 3.45. The van der Waals surface area contributed by atoms with Crippen LogP contribution in [0, 0.1) is 0 Å². The summed E-state index contributed by atoms with van der Waals surface area (Å²) in [6.45, 7) is 0.930. The van der Waals surface area contributed by atoms with Gasteiger partial charge in [0, 0.05) is 41.7 Å². The average molecular weight is 418 g/mol. The second kappa shape index (κ2) is 8.12. The number of H-pyrrole nitrogens is 1. The molecule has 1 saturated heterocycles. The number of rotatable bonds is 5. The molecule has 0 spiro atoms. The van der Waals surface area contributed by atoms with Crippen LogP contribution in [0.4, 0.5) is 17.5 Å². The maximum Gasteiger partial charge on any atom is 0.153 e. The molecule has 0 aliphatic carbocycles. The Kier molecular flexibility index (Phi) is 5.03. The minimum atomic E-state index is 0.212. The fourth-order valence-electron chi connectivity index (χ4n) is 3.87. The summed E-state index contributed by atoms with van der Waals surface area (Å²) >= 11 is 6.46. The summed E-state index contributed by atoms with van der Waals surface area (Å²) < 4.78 is 0. The van der Waals surface area contributed by atoms with Gasteiger partial charge in [-0.2, -0.15) is 5.10 Å². The van der Waals surface area contributed by atoms with Crippen molar-refractivity contribution in [3.8, 4) is 11.3 Å². The van der Waals surface area contributed by atoms with Crippen LogP contribution in [0.3, 0.4) is 0 Å². The van der Waals surface area contributed by atoms with Crippen LogP contribution in [0.1, 0.15) is 24.4 Å². The minimum absolute atomic E-state index is 0.212. The Balaban J connectivity index is 1.37. The van der Waals surface area contributed by atoms with E-state index in [9.17, 15) is 0 Å². The highest BCUT2D eigenvalue weighted by molar-refractivity contribution is 6.31. The molecule has 1 aliphatic heterocycles. The molecular weight excluding hydrogens is 398 g/mol. The number of hydrogen-bond donors (Lipinski definition) is 2. The number of anilines is 3. The summed E-state index contributed by atoms with van der Waals surface area (Å²) in [5.74, 6) is 2.24. The van der Waals surface area contributed by atoms with E-state index in [0.29, 0.717) is 11.6 Å². The number of nitrogens with zero attached hydrogens (tertiary/aromatic N) is 5. The Bertz CT molecular complexity index is 1140. The Morgan fingerprint density at radius 3 is 2.87 bits per heavy atom. The molecule has 7 nitrogen and oxygen atoms in total. The molecule has 0 bridgehead atoms. The lowest BCUT2D eigenvalue weighted by Gasteiger charge is -2.26. The first-order valence-corrected chi connectivity index (χ1v) is 10.2. The fourth-order valence-corrected chi connectivity index (χ4v) is 4.13. The zero-order valence-electron chi connectivity index (χ0n) is 16.2. The Hall–Kier alpha value is -3.45. The third kappa shape index (κ3) is 3.71. The lowest BCUT2D eigenvalue weighted by molar-refractivity contribution is 0.711. The molecule has 1 unspecified atom stereocenters. The Morgan fingerprint density at radius 1 is 1.07 bits per heavy atom. The standard InChI is InChI=1S/C22H20ClN7/c23-17-7-2-1-6-16(17)19-8-4-10-30(19)22-12-20(25-14-26-22)27-21-11-18(28-29-21)15-5-3-9-24-13-15/h1-3,5-7,9,11-14,19H,4,8,10H2,(H2,25,26,27,28,29). The number of benzene rings is 1. The maximum absolute atomic E-state index is 6.46. The molecule has 0 saturated carbocycles. The highest BCUT2D eigenvalue weighted by atomic mass is 35.5. The molecule has 8 heteroatoms. The van der Waals surface area contributed by atoms with Crippen LogP contribution in [-0.2, 0) is 0 Å². The summed E-state index contributed by atoms with van der Waals surface area (Å²) in [6.07, 6.45) is 7.26. The van der Waals surface area contributed by atoms with Gasteiger partial charge in [0.1, 0.15) is 18.0 Å². The van der Waals surface area contributed by atoms with Crippen molar-refractivity contribution >= 4 is 29.1 Å². The molecule has 1 atom stereocenters. The molecule has 2 N–H and O–H groups in total. The lowest BCUT2D eigenvalue weighted by atomic mass is 10.0. The van der Waals surface area contributed by atoms with Crippen LogP contribution in [0.25, 0.3) is 11.3 Å². The first-order valence-electron chi connectivity index (χ1n) is 9.84. The van der Waals surface area contributed by atoms with E-state index in [2.05, 4.69) is 41.4 Å². The molecule has 5 rings (SSSR count). The summed E-state index contributed by atoms with van der Waals surface area (Å²) in [5, 5.41) is 11.4. The van der Waals surface area contributed by atoms with Crippen molar-refractivity contribution < 1.29 is 0 Å². The van der Waals surface area contributed by atoms with E-state index in [-0.39, 0.29) is 6.04 Å². The minimum Gasteiger partial charge on any atom is -0.349 e. The Morgan fingerprint density at radius 2 is 2.00 bits per heavy atom. The van der Waals surface area contributed by atoms with Crippen LogP contribution in [-0.4, -0.2) is 31.7 Å². The number of nitrogens with one attached hydrogen (secondary N) is 2. The summed E-state index contributed by atoms with van der Waals surface area (Å²) in [6, 6.07) is 16.0. The number of aromatic amines is 1. The Labute approximate surface area is 179 Å². The first-order chi connectivity index (χ1) is 14.8. The van der Waals surface area contributed by atoms with Crippen molar-refractivity contribution in [3.05, 3.63) is 77.8 Å². The van der Waals surface area contributed by atoms with Crippen LogP contribution >= 0.6 is 11.6 Å². The van der Waals surface area contributed by atoms with Gasteiger partial charge in [0.25, 0.3) is 0 Å². The molecule has 4 heterocycles. The van der Waals surface area contributed by atoms with Crippen LogP contribution < -0.4 is 10.2 Å². The first kappa shape index (κ1) is 18.6. The van der Waals surface area contributed by atoms with E-state index >= 15 is 0 Å². The van der Waals surface area contributed by atoms with Crippen LogP contribution in [0.5, 0.6) is 0 Å². The molecule has 1 fully saturated rings. The monoisotopic (exact) mass is 417 g/mol. The number of hydrogen-bond acceptors (Lipinski definition) is 6. The highest BCUT2D eigenvalue weighted by Crippen LogP contribution is 2.38. The van der Waals surface area contributed by atoms with Crippen LogP contribution in [0.15, 0.2) is 67.3 Å². The molecule has 150 valence electrons. The molecule has 0 amide bonds. The normalized spacial score (nSPS) is 16.0. The molecule has 4 aromatic rings. The zero-order valence-corrected chi connectivity index (χ0v) is 16.9. The van der Waals surface area contributed by atoms with Gasteiger partial charge in [-0.3, -0.25) is 10.1 Å². The van der Waals surface area contributed by atoms with E-state index in [1.54, 1.807) is 18.7 Å². The van der Waals surface area contributed by atoms with E-state index in [4.69, 9.17) is 11.6 Å². The second-order valence-electron chi connectivity index (χ2n) is 7.17. The quantitative estimate of drug-likeness (QED) is 0.475. The van der Waals surface area contributed by atoms with Gasteiger partial charge < -0.3 is 10.2 Å². The van der Waals surface area contributed by atoms with Crippen molar-refractivity contribution in [3.63, 3.8) is 0 Å². The molecule has 1 aliphatic rings. The zero-order chi connectivity index (χ0) is 20.3. The van der Waals surface area contributed by atoms with E-state index in [0.717, 1.165) is 47.0 Å². The third-order valence-electron chi connectivity index (χ3n) is 5.27. The van der Waals surface area contributed by atoms with Crippen molar-refractivity contribution in [2.45, 2.75) is 18.9 Å². The fraction of sp³-hybridized carbons (Fsp3) is 0.182.